The molecule has 86 valence electrons. The van der Waals surface area contributed by atoms with Crippen LogP contribution in [0.3, 0.4) is 0 Å². The molecule has 16 heavy (non-hydrogen) atoms. The predicted octanol–water partition coefficient (Wildman–Crippen LogP) is 3.09. The number of anilines is 1. The van der Waals surface area contributed by atoms with Crippen molar-refractivity contribution >= 4 is 11.4 Å². The van der Waals surface area contributed by atoms with Crippen LogP contribution in [0.5, 0.6) is 0 Å². The fourth-order valence-corrected chi connectivity index (χ4v) is 2.08. The number of nitro benzene ring substituents is 1. The smallest absolute Gasteiger partial charge is 0.295 e. The number of rotatable bonds is 3. The number of hydrogen-bond donors (Lipinski definition) is 1. The Morgan fingerprint density at radius 2 is 2.06 bits per heavy atom. The average Bonchev–Trinajstić information content (AvgIpc) is 2.73. The molecule has 1 aliphatic carbocycles. The summed E-state index contributed by atoms with van der Waals surface area (Å²) in [5.74, 6) is -0.555. The van der Waals surface area contributed by atoms with E-state index in [9.17, 15) is 14.5 Å². The first kappa shape index (κ1) is 10.9. The van der Waals surface area contributed by atoms with Crippen LogP contribution in [0.2, 0.25) is 0 Å². The highest BCUT2D eigenvalue weighted by molar-refractivity contribution is 5.62. The summed E-state index contributed by atoms with van der Waals surface area (Å²) in [6.45, 7) is 0. The lowest BCUT2D eigenvalue weighted by Gasteiger charge is -2.13. The maximum atomic E-state index is 13.5. The third-order valence-electron chi connectivity index (χ3n) is 2.89. The van der Waals surface area contributed by atoms with Gasteiger partial charge in [-0.3, -0.25) is 10.1 Å². The molecule has 5 heteroatoms. The van der Waals surface area contributed by atoms with Gasteiger partial charge in [-0.05, 0) is 18.9 Å². The lowest BCUT2D eigenvalue weighted by Crippen LogP contribution is -2.16. The monoisotopic (exact) mass is 224 g/mol. The third-order valence-corrected chi connectivity index (χ3v) is 2.89. The number of halogens is 1. The summed E-state index contributed by atoms with van der Waals surface area (Å²) in [5, 5.41) is 13.7. The van der Waals surface area contributed by atoms with Gasteiger partial charge in [0.15, 0.2) is 5.82 Å². The second-order valence-electron chi connectivity index (χ2n) is 4.02. The van der Waals surface area contributed by atoms with E-state index in [1.165, 1.54) is 18.2 Å². The lowest BCUT2D eigenvalue weighted by atomic mass is 10.2. The van der Waals surface area contributed by atoms with Crippen molar-refractivity contribution in [2.75, 3.05) is 5.32 Å². The van der Waals surface area contributed by atoms with E-state index < -0.39 is 10.7 Å². The van der Waals surface area contributed by atoms with Gasteiger partial charge in [0, 0.05) is 12.1 Å². The van der Waals surface area contributed by atoms with Gasteiger partial charge in [-0.2, -0.15) is 0 Å². The van der Waals surface area contributed by atoms with Crippen LogP contribution < -0.4 is 5.32 Å². The fourth-order valence-electron chi connectivity index (χ4n) is 2.08. The lowest BCUT2D eigenvalue weighted by molar-refractivity contribution is -0.384. The molecular formula is C11H13FN2O2. The van der Waals surface area contributed by atoms with E-state index in [0.717, 1.165) is 25.7 Å². The Morgan fingerprint density at radius 1 is 1.38 bits per heavy atom. The molecule has 0 unspecified atom stereocenters. The van der Waals surface area contributed by atoms with Gasteiger partial charge in [0.2, 0.25) is 0 Å². The number of nitrogens with zero attached hydrogens (tertiary/aromatic N) is 1. The molecule has 1 aromatic carbocycles. The molecule has 0 aromatic heterocycles. The minimum atomic E-state index is -0.555. The Balaban J connectivity index is 2.26. The summed E-state index contributed by atoms with van der Waals surface area (Å²) in [6, 6.07) is 4.08. The number of para-hydroxylation sites is 1. The maximum Gasteiger partial charge on any atom is 0.295 e. The van der Waals surface area contributed by atoms with Crippen LogP contribution in [0.15, 0.2) is 18.2 Å². The van der Waals surface area contributed by atoms with Crippen molar-refractivity contribution in [1.82, 2.24) is 0 Å². The summed E-state index contributed by atoms with van der Waals surface area (Å²) < 4.78 is 13.5. The van der Waals surface area contributed by atoms with Crippen LogP contribution in [0.4, 0.5) is 15.8 Å². The SMILES string of the molecule is O=[N+]([O-])c1cccc(F)c1NC1CCCC1. The Bertz CT molecular complexity index is 403. The zero-order valence-corrected chi connectivity index (χ0v) is 8.78. The van der Waals surface area contributed by atoms with Gasteiger partial charge in [-0.1, -0.05) is 18.9 Å². The van der Waals surface area contributed by atoms with Crippen molar-refractivity contribution < 1.29 is 9.31 Å². The van der Waals surface area contributed by atoms with E-state index in [1.807, 2.05) is 0 Å². The van der Waals surface area contributed by atoms with Gasteiger partial charge >= 0.3 is 0 Å². The van der Waals surface area contributed by atoms with Crippen molar-refractivity contribution in [3.05, 3.63) is 34.1 Å². The van der Waals surface area contributed by atoms with E-state index in [4.69, 9.17) is 0 Å². The van der Waals surface area contributed by atoms with Crippen LogP contribution in [-0.4, -0.2) is 11.0 Å². The van der Waals surface area contributed by atoms with E-state index >= 15 is 0 Å². The van der Waals surface area contributed by atoms with Gasteiger partial charge in [0.1, 0.15) is 5.69 Å². The van der Waals surface area contributed by atoms with Gasteiger partial charge in [-0.15, -0.1) is 0 Å². The molecule has 0 amide bonds. The van der Waals surface area contributed by atoms with Gasteiger partial charge in [-0.25, -0.2) is 4.39 Å². The number of benzene rings is 1. The van der Waals surface area contributed by atoms with Crippen molar-refractivity contribution in [2.45, 2.75) is 31.7 Å². The Morgan fingerprint density at radius 3 is 2.69 bits per heavy atom. The highest BCUT2D eigenvalue weighted by Gasteiger charge is 2.22. The van der Waals surface area contributed by atoms with Crippen molar-refractivity contribution in [2.24, 2.45) is 0 Å². The molecule has 0 aliphatic heterocycles. The molecule has 0 radical (unpaired) electrons. The molecule has 0 saturated heterocycles. The van der Waals surface area contributed by atoms with Crippen LogP contribution >= 0.6 is 0 Å². The molecular weight excluding hydrogens is 211 g/mol. The molecule has 0 atom stereocenters. The molecule has 1 N–H and O–H groups in total. The number of nitrogens with one attached hydrogen (secondary N) is 1. The Hall–Kier alpha value is -1.65. The van der Waals surface area contributed by atoms with Crippen molar-refractivity contribution in [1.29, 1.82) is 0 Å². The highest BCUT2D eigenvalue weighted by atomic mass is 19.1. The number of nitro groups is 1. The summed E-state index contributed by atoms with van der Waals surface area (Å²) in [5.41, 5.74) is -0.161. The van der Waals surface area contributed by atoms with Gasteiger partial charge < -0.3 is 5.32 Å². The summed E-state index contributed by atoms with van der Waals surface area (Å²) >= 11 is 0. The summed E-state index contributed by atoms with van der Waals surface area (Å²) in [6.07, 6.45) is 4.09. The summed E-state index contributed by atoms with van der Waals surface area (Å²) in [7, 11) is 0. The first-order valence-corrected chi connectivity index (χ1v) is 5.38. The first-order chi connectivity index (χ1) is 7.68. The van der Waals surface area contributed by atoms with Gasteiger partial charge in [0.25, 0.3) is 5.69 Å². The quantitative estimate of drug-likeness (QED) is 0.634. The second-order valence-corrected chi connectivity index (χ2v) is 4.02. The van der Waals surface area contributed by atoms with Crippen LogP contribution in [-0.2, 0) is 0 Å². The largest absolute Gasteiger partial charge is 0.374 e. The second kappa shape index (κ2) is 4.47. The molecule has 1 fully saturated rings. The molecule has 1 aliphatic rings. The predicted molar refractivity (Wildman–Crippen MR) is 58.9 cm³/mol. The molecule has 1 aromatic rings. The van der Waals surface area contributed by atoms with Crippen molar-refractivity contribution in [3.8, 4) is 0 Å². The maximum absolute atomic E-state index is 13.5. The molecule has 2 rings (SSSR count). The van der Waals surface area contributed by atoms with Gasteiger partial charge in [0.05, 0.1) is 4.92 Å². The van der Waals surface area contributed by atoms with E-state index in [2.05, 4.69) is 5.32 Å². The molecule has 0 heterocycles. The summed E-state index contributed by atoms with van der Waals surface area (Å²) in [4.78, 5) is 10.2. The highest BCUT2D eigenvalue weighted by Crippen LogP contribution is 2.30. The van der Waals surface area contributed by atoms with E-state index in [-0.39, 0.29) is 17.4 Å². The Labute approximate surface area is 92.6 Å². The molecule has 0 bridgehead atoms. The minimum Gasteiger partial charge on any atom is -0.374 e. The fraction of sp³-hybridized carbons (Fsp3) is 0.455. The standard InChI is InChI=1S/C11H13FN2O2/c12-9-6-3-7-10(14(15)16)11(9)13-8-4-1-2-5-8/h3,6-8,13H,1-2,4-5H2. The van der Waals surface area contributed by atoms with E-state index in [0.29, 0.717) is 0 Å². The normalized spacial score (nSPS) is 16.3. The first-order valence-electron chi connectivity index (χ1n) is 5.38. The van der Waals surface area contributed by atoms with Crippen LogP contribution in [0.1, 0.15) is 25.7 Å². The molecule has 1 saturated carbocycles. The topological polar surface area (TPSA) is 55.2 Å². The Kier molecular flexibility index (Phi) is 3.03. The van der Waals surface area contributed by atoms with E-state index in [1.54, 1.807) is 0 Å². The number of hydrogen-bond acceptors (Lipinski definition) is 3. The molecule has 0 spiro atoms. The third kappa shape index (κ3) is 2.13. The average molecular weight is 224 g/mol. The molecule has 4 nitrogen and oxygen atoms in total. The van der Waals surface area contributed by atoms with Crippen LogP contribution in [0.25, 0.3) is 0 Å². The van der Waals surface area contributed by atoms with Crippen LogP contribution in [0, 0.1) is 15.9 Å². The minimum absolute atomic E-state index is 0.0272. The van der Waals surface area contributed by atoms with Crippen molar-refractivity contribution in [3.63, 3.8) is 0 Å². The zero-order valence-electron chi connectivity index (χ0n) is 8.78. The zero-order chi connectivity index (χ0) is 11.5.